The first-order valence-corrected chi connectivity index (χ1v) is 4.71. The van der Waals surface area contributed by atoms with Gasteiger partial charge in [-0.15, -0.1) is 0 Å². The fourth-order valence-corrected chi connectivity index (χ4v) is 1.24. The van der Waals surface area contributed by atoms with Crippen LogP contribution in [-0.4, -0.2) is 23.3 Å². The lowest BCUT2D eigenvalue weighted by Crippen LogP contribution is -2.04. The number of nitro groups is 1. The Bertz CT molecular complexity index is 330. The lowest BCUT2D eigenvalue weighted by atomic mass is 10.3. The SMILES string of the molecule is CN(C)SNc1cccc([N+](=O)[O-])c1. The number of nitrogens with one attached hydrogen (secondary N) is 1. The first-order chi connectivity index (χ1) is 6.59. The van der Waals surface area contributed by atoms with Gasteiger partial charge in [-0.05, 0) is 20.2 Å². The third-order valence-corrected chi connectivity index (χ3v) is 2.10. The lowest BCUT2D eigenvalue weighted by Gasteiger charge is -2.09. The summed E-state index contributed by atoms with van der Waals surface area (Å²) in [6, 6.07) is 6.39. The van der Waals surface area contributed by atoms with Crippen LogP contribution in [0.15, 0.2) is 24.3 Å². The smallest absolute Gasteiger partial charge is 0.271 e. The van der Waals surface area contributed by atoms with Gasteiger partial charge in [0.2, 0.25) is 0 Å². The topological polar surface area (TPSA) is 58.4 Å². The molecule has 0 saturated carbocycles. The van der Waals surface area contributed by atoms with Crippen LogP contribution in [0.25, 0.3) is 0 Å². The fourth-order valence-electron chi connectivity index (χ4n) is 0.827. The number of nitrogens with zero attached hydrogens (tertiary/aromatic N) is 2. The highest BCUT2D eigenvalue weighted by molar-refractivity contribution is 7.98. The van der Waals surface area contributed by atoms with E-state index in [0.29, 0.717) is 0 Å². The Kier molecular flexibility index (Phi) is 3.73. The van der Waals surface area contributed by atoms with Gasteiger partial charge in [-0.3, -0.25) is 10.1 Å². The van der Waals surface area contributed by atoms with Crippen LogP contribution in [0.5, 0.6) is 0 Å². The summed E-state index contributed by atoms with van der Waals surface area (Å²) in [6.07, 6.45) is 0. The van der Waals surface area contributed by atoms with Crippen LogP contribution in [0.3, 0.4) is 0 Å². The van der Waals surface area contributed by atoms with Gasteiger partial charge < -0.3 is 4.72 Å². The second-order valence-corrected chi connectivity index (χ2v) is 3.93. The number of rotatable bonds is 4. The minimum Gasteiger partial charge on any atom is -0.316 e. The molecule has 0 aromatic heterocycles. The largest absolute Gasteiger partial charge is 0.316 e. The second-order valence-electron chi connectivity index (χ2n) is 2.81. The molecule has 0 amide bonds. The molecule has 0 spiro atoms. The van der Waals surface area contributed by atoms with Crippen molar-refractivity contribution < 1.29 is 4.92 Å². The summed E-state index contributed by atoms with van der Waals surface area (Å²) in [6.45, 7) is 0. The molecule has 0 atom stereocenters. The molecular formula is C8H11N3O2S. The van der Waals surface area contributed by atoms with E-state index in [1.807, 2.05) is 18.4 Å². The van der Waals surface area contributed by atoms with Crippen LogP contribution in [0.2, 0.25) is 0 Å². The molecule has 0 unspecified atom stereocenters. The van der Waals surface area contributed by atoms with Gasteiger partial charge >= 0.3 is 0 Å². The number of hydrogen-bond acceptors (Lipinski definition) is 5. The molecule has 6 heteroatoms. The zero-order valence-corrected chi connectivity index (χ0v) is 8.75. The Morgan fingerprint density at radius 3 is 2.79 bits per heavy atom. The van der Waals surface area contributed by atoms with Crippen LogP contribution < -0.4 is 4.72 Å². The molecule has 14 heavy (non-hydrogen) atoms. The Morgan fingerprint density at radius 2 is 2.21 bits per heavy atom. The molecule has 0 saturated heterocycles. The number of nitro benzene ring substituents is 1. The van der Waals surface area contributed by atoms with Crippen molar-refractivity contribution in [1.82, 2.24) is 4.31 Å². The van der Waals surface area contributed by atoms with Crippen molar-refractivity contribution in [2.24, 2.45) is 0 Å². The van der Waals surface area contributed by atoms with Crippen molar-refractivity contribution in [3.8, 4) is 0 Å². The first kappa shape index (κ1) is 10.8. The average molecular weight is 213 g/mol. The molecule has 76 valence electrons. The van der Waals surface area contributed by atoms with E-state index in [1.165, 1.54) is 24.3 Å². The average Bonchev–Trinajstić information content (AvgIpc) is 2.15. The summed E-state index contributed by atoms with van der Waals surface area (Å²) >= 11 is 1.37. The summed E-state index contributed by atoms with van der Waals surface area (Å²) in [5.41, 5.74) is 0.812. The van der Waals surface area contributed by atoms with E-state index in [2.05, 4.69) is 4.72 Å². The van der Waals surface area contributed by atoms with Gasteiger partial charge in [-0.25, -0.2) is 4.31 Å². The maximum atomic E-state index is 10.5. The van der Waals surface area contributed by atoms with Crippen LogP contribution in [0, 0.1) is 10.1 Å². The van der Waals surface area contributed by atoms with Crippen molar-refractivity contribution in [3.63, 3.8) is 0 Å². The molecule has 0 fully saturated rings. The summed E-state index contributed by atoms with van der Waals surface area (Å²) in [7, 11) is 3.77. The summed E-state index contributed by atoms with van der Waals surface area (Å²) in [4.78, 5) is 10.0. The van der Waals surface area contributed by atoms with Crippen LogP contribution in [0.4, 0.5) is 11.4 Å². The van der Waals surface area contributed by atoms with E-state index in [0.717, 1.165) is 5.69 Å². The van der Waals surface area contributed by atoms with Crippen molar-refractivity contribution in [2.45, 2.75) is 0 Å². The molecule has 0 radical (unpaired) electrons. The van der Waals surface area contributed by atoms with Gasteiger partial charge in [0.15, 0.2) is 0 Å². The van der Waals surface area contributed by atoms with Gasteiger partial charge in [-0.1, -0.05) is 6.07 Å². The maximum Gasteiger partial charge on any atom is 0.271 e. The number of hydrogen-bond donors (Lipinski definition) is 1. The molecule has 1 aromatic carbocycles. The molecule has 0 aliphatic carbocycles. The predicted molar refractivity (Wildman–Crippen MR) is 58.0 cm³/mol. The van der Waals surface area contributed by atoms with E-state index in [9.17, 15) is 10.1 Å². The van der Waals surface area contributed by atoms with Crippen molar-refractivity contribution in [3.05, 3.63) is 34.4 Å². The maximum absolute atomic E-state index is 10.5. The second kappa shape index (κ2) is 4.83. The Balaban J connectivity index is 2.69. The minimum atomic E-state index is -0.411. The van der Waals surface area contributed by atoms with Crippen molar-refractivity contribution in [2.75, 3.05) is 18.8 Å². The van der Waals surface area contributed by atoms with E-state index in [1.54, 1.807) is 12.1 Å². The highest BCUT2D eigenvalue weighted by Crippen LogP contribution is 2.19. The van der Waals surface area contributed by atoms with Crippen LogP contribution >= 0.6 is 12.1 Å². The van der Waals surface area contributed by atoms with Gasteiger partial charge in [0.05, 0.1) is 10.6 Å². The Labute approximate surface area is 86.5 Å². The lowest BCUT2D eigenvalue weighted by molar-refractivity contribution is -0.384. The van der Waals surface area contributed by atoms with E-state index < -0.39 is 4.92 Å². The van der Waals surface area contributed by atoms with Crippen LogP contribution in [0.1, 0.15) is 0 Å². The van der Waals surface area contributed by atoms with Gasteiger partial charge in [0, 0.05) is 24.3 Å². The quantitative estimate of drug-likeness (QED) is 0.471. The summed E-state index contributed by atoms with van der Waals surface area (Å²) in [5, 5.41) is 10.5. The molecule has 0 heterocycles. The molecule has 1 aromatic rings. The van der Waals surface area contributed by atoms with Gasteiger partial charge in [0.1, 0.15) is 0 Å². The zero-order chi connectivity index (χ0) is 10.6. The number of anilines is 1. The summed E-state index contributed by atoms with van der Waals surface area (Å²) < 4.78 is 4.84. The third kappa shape index (κ3) is 3.23. The fraction of sp³-hybridized carbons (Fsp3) is 0.250. The molecule has 0 aliphatic heterocycles. The summed E-state index contributed by atoms with van der Waals surface area (Å²) in [5.74, 6) is 0. The van der Waals surface area contributed by atoms with E-state index in [-0.39, 0.29) is 5.69 Å². The van der Waals surface area contributed by atoms with Gasteiger partial charge in [0.25, 0.3) is 5.69 Å². The van der Waals surface area contributed by atoms with Crippen LogP contribution in [-0.2, 0) is 0 Å². The Hall–Kier alpha value is -1.27. The third-order valence-electron chi connectivity index (χ3n) is 1.40. The molecule has 1 N–H and O–H groups in total. The minimum absolute atomic E-state index is 0.0920. The highest BCUT2D eigenvalue weighted by Gasteiger charge is 2.05. The van der Waals surface area contributed by atoms with Crippen molar-refractivity contribution in [1.29, 1.82) is 0 Å². The Morgan fingerprint density at radius 1 is 1.50 bits per heavy atom. The van der Waals surface area contributed by atoms with E-state index in [4.69, 9.17) is 0 Å². The zero-order valence-electron chi connectivity index (χ0n) is 7.93. The van der Waals surface area contributed by atoms with Gasteiger partial charge in [-0.2, -0.15) is 0 Å². The van der Waals surface area contributed by atoms with E-state index >= 15 is 0 Å². The standard InChI is InChI=1S/C8H11N3O2S/c1-10(2)14-9-7-4-3-5-8(6-7)11(12)13/h3-6,9H,1-2H3. The predicted octanol–water partition coefficient (Wildman–Crippen LogP) is 2.13. The molecule has 5 nitrogen and oxygen atoms in total. The van der Waals surface area contributed by atoms with Crippen molar-refractivity contribution >= 4 is 23.5 Å². The normalized spacial score (nSPS) is 10.2. The molecule has 0 bridgehead atoms. The molecule has 1 rings (SSSR count). The molecule has 0 aliphatic rings. The monoisotopic (exact) mass is 213 g/mol. The highest BCUT2D eigenvalue weighted by atomic mass is 32.2. The number of non-ortho nitro benzene ring substituents is 1. The first-order valence-electron chi connectivity index (χ1n) is 3.94. The number of benzene rings is 1. The molecular weight excluding hydrogens is 202 g/mol.